The van der Waals surface area contributed by atoms with Crippen LogP contribution < -0.4 is 0 Å². The summed E-state index contributed by atoms with van der Waals surface area (Å²) in [5, 5.41) is 15.5. The van der Waals surface area contributed by atoms with E-state index in [1.807, 2.05) is 16.5 Å². The number of rotatable bonds is 3. The highest BCUT2D eigenvalue weighted by atomic mass is 32.2. The summed E-state index contributed by atoms with van der Waals surface area (Å²) in [4.78, 5) is 18.5. The molecule has 4 rings (SSSR count). The van der Waals surface area contributed by atoms with Crippen LogP contribution in [0.4, 0.5) is 0 Å². The van der Waals surface area contributed by atoms with E-state index in [1.54, 1.807) is 6.20 Å². The molecular weight excluding hydrogens is 318 g/mol. The van der Waals surface area contributed by atoms with Gasteiger partial charge in [-0.1, -0.05) is 17.0 Å². The summed E-state index contributed by atoms with van der Waals surface area (Å²) in [6.07, 6.45) is 2.65. The van der Waals surface area contributed by atoms with Crippen LogP contribution in [0.2, 0.25) is 0 Å². The van der Waals surface area contributed by atoms with Gasteiger partial charge in [0.2, 0.25) is 11.1 Å². The number of hydrogen-bond acceptors (Lipinski definition) is 7. The van der Waals surface area contributed by atoms with Crippen LogP contribution in [0.15, 0.2) is 11.4 Å². The zero-order chi connectivity index (χ0) is 15.8. The summed E-state index contributed by atoms with van der Waals surface area (Å²) in [6.45, 7) is 3.69. The van der Waals surface area contributed by atoms with Crippen LogP contribution in [0, 0.1) is 6.92 Å². The molecule has 1 amide bonds. The molecule has 4 heterocycles. The maximum atomic E-state index is 12.5. The molecule has 2 aromatic heterocycles. The molecule has 2 aromatic rings. The van der Waals surface area contributed by atoms with Crippen molar-refractivity contribution in [3.63, 3.8) is 0 Å². The van der Waals surface area contributed by atoms with Crippen LogP contribution in [0.5, 0.6) is 0 Å². The van der Waals surface area contributed by atoms with E-state index in [2.05, 4.69) is 25.5 Å². The lowest BCUT2D eigenvalue weighted by Gasteiger charge is -2.40. The van der Waals surface area contributed by atoms with Crippen LogP contribution in [-0.2, 0) is 16.1 Å². The van der Waals surface area contributed by atoms with Gasteiger partial charge in [-0.3, -0.25) is 9.89 Å². The number of fused-ring (bicyclic) bond motifs is 3. The van der Waals surface area contributed by atoms with Gasteiger partial charge >= 0.3 is 0 Å². The van der Waals surface area contributed by atoms with E-state index in [1.165, 1.54) is 11.8 Å². The Morgan fingerprint density at radius 2 is 2.48 bits per heavy atom. The van der Waals surface area contributed by atoms with Crippen molar-refractivity contribution in [1.82, 2.24) is 35.1 Å². The van der Waals surface area contributed by atoms with Crippen molar-refractivity contribution in [2.75, 3.05) is 18.8 Å². The highest BCUT2D eigenvalue weighted by molar-refractivity contribution is 7.99. The number of ether oxygens (including phenoxy) is 1. The molecule has 0 unspecified atom stereocenters. The first-order chi connectivity index (χ1) is 11.2. The second-order valence-electron chi connectivity index (χ2n) is 5.71. The van der Waals surface area contributed by atoms with Crippen LogP contribution in [0.3, 0.4) is 0 Å². The molecule has 0 saturated carbocycles. The Kier molecular flexibility index (Phi) is 3.77. The lowest BCUT2D eigenvalue weighted by atomic mass is 10.0. The first-order valence-electron chi connectivity index (χ1n) is 7.51. The summed E-state index contributed by atoms with van der Waals surface area (Å²) in [6, 6.07) is 0.0507. The number of amides is 1. The lowest BCUT2D eigenvalue weighted by molar-refractivity contribution is -0.135. The predicted octanol–water partition coefficient (Wildman–Crippen LogP) is 0.169. The van der Waals surface area contributed by atoms with E-state index in [0.717, 1.165) is 17.9 Å². The van der Waals surface area contributed by atoms with E-state index in [4.69, 9.17) is 4.74 Å². The fourth-order valence-corrected chi connectivity index (χ4v) is 3.76. The molecule has 0 radical (unpaired) electrons. The smallest absolute Gasteiger partial charge is 0.233 e. The summed E-state index contributed by atoms with van der Waals surface area (Å²) < 4.78 is 7.76. The minimum Gasteiger partial charge on any atom is -0.370 e. The number of nitrogens with zero attached hydrogens (tertiary/aromatic N) is 6. The molecule has 0 aliphatic carbocycles. The van der Waals surface area contributed by atoms with E-state index in [9.17, 15) is 4.79 Å². The molecule has 9 nitrogen and oxygen atoms in total. The lowest BCUT2D eigenvalue weighted by Crippen LogP contribution is -2.50. The third-order valence-electron chi connectivity index (χ3n) is 4.18. The fraction of sp³-hybridized carbons (Fsp3) is 0.615. The largest absolute Gasteiger partial charge is 0.370 e. The molecule has 122 valence electrons. The van der Waals surface area contributed by atoms with Gasteiger partial charge in [-0.25, -0.2) is 9.67 Å². The standard InChI is InChI=1S/C13H17N7O2S/c1-8-15-13(17-16-8)23-7-12(21)19-3-2-11-10(5-19)20-9(6-22-11)4-14-18-20/h4,10-11H,2-3,5-7H2,1H3,(H,15,16,17)/t10-,11+/m1/s1. The van der Waals surface area contributed by atoms with Gasteiger partial charge < -0.3 is 9.64 Å². The van der Waals surface area contributed by atoms with Gasteiger partial charge in [-0.15, -0.1) is 10.2 Å². The first-order valence-corrected chi connectivity index (χ1v) is 8.49. The molecule has 1 saturated heterocycles. The van der Waals surface area contributed by atoms with E-state index < -0.39 is 0 Å². The monoisotopic (exact) mass is 335 g/mol. The Hall–Kier alpha value is -1.94. The van der Waals surface area contributed by atoms with Gasteiger partial charge in [-0.2, -0.15) is 0 Å². The number of piperidine rings is 1. The molecule has 1 N–H and O–H groups in total. The minimum atomic E-state index is 0.0507. The summed E-state index contributed by atoms with van der Waals surface area (Å²) >= 11 is 1.35. The molecule has 10 heteroatoms. The number of carbonyl (C=O) groups excluding carboxylic acids is 1. The molecular formula is C13H17N7O2S. The number of hydrogen-bond donors (Lipinski definition) is 1. The summed E-state index contributed by atoms with van der Waals surface area (Å²) in [5.41, 5.74) is 0.964. The van der Waals surface area contributed by atoms with E-state index in [-0.39, 0.29) is 18.1 Å². The number of carbonyl (C=O) groups is 1. The SMILES string of the molecule is Cc1nc(SCC(=O)N2CC[C@@H]3OCc4cnnn4[C@@H]3C2)n[nH]1. The molecule has 2 aliphatic rings. The Labute approximate surface area is 136 Å². The Bertz CT molecular complexity index is 715. The van der Waals surface area contributed by atoms with Crippen LogP contribution >= 0.6 is 11.8 Å². The second kappa shape index (κ2) is 5.93. The zero-order valence-corrected chi connectivity index (χ0v) is 13.5. The maximum Gasteiger partial charge on any atom is 0.233 e. The van der Waals surface area contributed by atoms with Crippen molar-refractivity contribution in [3.8, 4) is 0 Å². The van der Waals surface area contributed by atoms with E-state index in [0.29, 0.717) is 30.6 Å². The maximum absolute atomic E-state index is 12.5. The number of likely N-dealkylation sites (tertiary alicyclic amines) is 1. The van der Waals surface area contributed by atoms with Crippen molar-refractivity contribution in [2.24, 2.45) is 0 Å². The number of aromatic amines is 1. The number of nitrogens with one attached hydrogen (secondary N) is 1. The average molecular weight is 335 g/mol. The zero-order valence-electron chi connectivity index (χ0n) is 12.7. The van der Waals surface area contributed by atoms with Crippen molar-refractivity contribution < 1.29 is 9.53 Å². The number of H-pyrrole nitrogens is 1. The van der Waals surface area contributed by atoms with Crippen LogP contribution in [-0.4, -0.2) is 65.9 Å². The Balaban J connectivity index is 1.40. The summed E-state index contributed by atoms with van der Waals surface area (Å²) in [5.74, 6) is 1.17. The minimum absolute atomic E-state index is 0.0507. The van der Waals surface area contributed by atoms with Gasteiger partial charge in [0.05, 0.1) is 36.4 Å². The topological polar surface area (TPSA) is 102 Å². The molecule has 23 heavy (non-hydrogen) atoms. The fourth-order valence-electron chi connectivity index (χ4n) is 3.01. The normalized spacial score (nSPS) is 23.4. The number of aromatic nitrogens is 6. The molecule has 1 fully saturated rings. The van der Waals surface area contributed by atoms with Gasteiger partial charge in [0, 0.05) is 13.1 Å². The molecule has 2 aliphatic heterocycles. The van der Waals surface area contributed by atoms with Crippen molar-refractivity contribution in [3.05, 3.63) is 17.7 Å². The van der Waals surface area contributed by atoms with E-state index >= 15 is 0 Å². The number of aryl methyl sites for hydroxylation is 1. The van der Waals surface area contributed by atoms with Crippen LogP contribution in [0.25, 0.3) is 0 Å². The third kappa shape index (κ3) is 2.83. The summed E-state index contributed by atoms with van der Waals surface area (Å²) in [7, 11) is 0. The van der Waals surface area contributed by atoms with Crippen molar-refractivity contribution in [1.29, 1.82) is 0 Å². The average Bonchev–Trinajstić information content (AvgIpc) is 3.20. The van der Waals surface area contributed by atoms with Crippen molar-refractivity contribution >= 4 is 17.7 Å². The van der Waals surface area contributed by atoms with Gasteiger partial charge in [0.25, 0.3) is 0 Å². The Morgan fingerprint density at radius 1 is 1.57 bits per heavy atom. The molecule has 0 aromatic carbocycles. The second-order valence-corrected chi connectivity index (χ2v) is 6.65. The van der Waals surface area contributed by atoms with Gasteiger partial charge in [0.1, 0.15) is 5.82 Å². The molecule has 0 spiro atoms. The highest BCUT2D eigenvalue weighted by Crippen LogP contribution is 2.30. The van der Waals surface area contributed by atoms with Crippen LogP contribution in [0.1, 0.15) is 24.0 Å². The molecule has 2 atom stereocenters. The number of thioether (sulfide) groups is 1. The quantitative estimate of drug-likeness (QED) is 0.798. The third-order valence-corrected chi connectivity index (χ3v) is 5.01. The van der Waals surface area contributed by atoms with Gasteiger partial charge in [-0.05, 0) is 13.3 Å². The predicted molar refractivity (Wildman–Crippen MR) is 80.7 cm³/mol. The van der Waals surface area contributed by atoms with Gasteiger partial charge in [0.15, 0.2) is 0 Å². The highest BCUT2D eigenvalue weighted by Gasteiger charge is 2.37. The van der Waals surface area contributed by atoms with Crippen molar-refractivity contribution in [2.45, 2.75) is 37.3 Å². The first kappa shape index (κ1) is 14.6. The molecule has 0 bridgehead atoms. The Morgan fingerprint density at radius 3 is 3.30 bits per heavy atom.